The Balaban J connectivity index is 2.45. The maximum atomic E-state index is 11.0. The van der Waals surface area contributed by atoms with Crippen LogP contribution in [0.1, 0.15) is 25.7 Å². The zero-order valence-electron chi connectivity index (χ0n) is 11.8. The third-order valence-electron chi connectivity index (χ3n) is 2.73. The number of nitro groups is 1. The van der Waals surface area contributed by atoms with Gasteiger partial charge in [-0.2, -0.15) is 16.7 Å². The molecule has 0 saturated carbocycles. The maximum Gasteiger partial charge on any atom is 0.372 e. The van der Waals surface area contributed by atoms with E-state index in [0.29, 0.717) is 6.54 Å². The average molecular weight is 300 g/mol. The Morgan fingerprint density at radius 3 is 2.75 bits per heavy atom. The molecule has 0 fully saturated rings. The second kappa shape index (κ2) is 9.35. The van der Waals surface area contributed by atoms with Gasteiger partial charge in [0.25, 0.3) is 5.88 Å². The van der Waals surface area contributed by atoms with Crippen molar-refractivity contribution >= 4 is 23.3 Å². The number of rotatable bonds is 10. The van der Waals surface area contributed by atoms with Gasteiger partial charge in [0.1, 0.15) is 6.33 Å². The number of nitrogens with zero attached hydrogens (tertiary/aromatic N) is 3. The molecule has 0 aromatic carbocycles. The molecule has 1 N–H and O–H groups in total. The molecule has 0 unspecified atom stereocenters. The second-order valence-electron chi connectivity index (χ2n) is 4.17. The summed E-state index contributed by atoms with van der Waals surface area (Å²) in [6.07, 6.45) is 7.80. The van der Waals surface area contributed by atoms with Gasteiger partial charge in [0.05, 0.1) is 12.0 Å². The maximum absolute atomic E-state index is 11.0. The number of methoxy groups -OCH3 is 1. The summed E-state index contributed by atoms with van der Waals surface area (Å²) in [7, 11) is 1.35. The molecule has 0 aliphatic carbocycles. The molecule has 1 aromatic heterocycles. The topological polar surface area (TPSA) is 90.2 Å². The molecule has 1 aromatic rings. The van der Waals surface area contributed by atoms with Crippen molar-refractivity contribution in [2.45, 2.75) is 25.7 Å². The molecule has 0 amide bonds. The van der Waals surface area contributed by atoms with Crippen molar-refractivity contribution in [3.63, 3.8) is 0 Å². The summed E-state index contributed by atoms with van der Waals surface area (Å²) in [5.74, 6) is 1.38. The molecule has 112 valence electrons. The minimum absolute atomic E-state index is 0.0209. The monoisotopic (exact) mass is 300 g/mol. The normalized spacial score (nSPS) is 10.3. The minimum Gasteiger partial charge on any atom is -0.476 e. The van der Waals surface area contributed by atoms with Crippen molar-refractivity contribution < 1.29 is 9.66 Å². The highest BCUT2D eigenvalue weighted by Gasteiger charge is 2.23. The molecular formula is C12H20N4O3S. The van der Waals surface area contributed by atoms with E-state index in [1.54, 1.807) is 0 Å². The number of ether oxygens (including phenoxy) is 1. The van der Waals surface area contributed by atoms with Gasteiger partial charge in [-0.3, -0.25) is 10.1 Å². The molecule has 7 nitrogen and oxygen atoms in total. The molecular weight excluding hydrogens is 280 g/mol. The first-order valence-electron chi connectivity index (χ1n) is 6.47. The lowest BCUT2D eigenvalue weighted by Crippen LogP contribution is -2.08. The molecule has 8 heteroatoms. The Hall–Kier alpha value is -1.57. The predicted octanol–water partition coefficient (Wildman–Crippen LogP) is 2.73. The van der Waals surface area contributed by atoms with Crippen LogP contribution in [0.4, 0.5) is 11.5 Å². The zero-order chi connectivity index (χ0) is 14.8. The molecule has 1 heterocycles. The van der Waals surface area contributed by atoms with E-state index in [1.807, 2.05) is 11.8 Å². The van der Waals surface area contributed by atoms with E-state index in [4.69, 9.17) is 4.74 Å². The standard InChI is InChI=1S/C12H20N4O3S/c1-19-12-10(16(17)18)11(14-9-15-12)13-7-5-3-4-6-8-20-2/h9H,3-8H2,1-2H3,(H,13,14,15). The Labute approximate surface area is 122 Å². The van der Waals surface area contributed by atoms with Gasteiger partial charge in [-0.05, 0) is 24.9 Å². The minimum atomic E-state index is -0.528. The van der Waals surface area contributed by atoms with Crippen LogP contribution >= 0.6 is 11.8 Å². The van der Waals surface area contributed by atoms with Crippen molar-refractivity contribution in [2.75, 3.05) is 31.0 Å². The van der Waals surface area contributed by atoms with Crippen LogP contribution in [0.5, 0.6) is 5.88 Å². The summed E-state index contributed by atoms with van der Waals surface area (Å²) in [6, 6.07) is 0. The van der Waals surface area contributed by atoms with Gasteiger partial charge in [-0.25, -0.2) is 4.98 Å². The first-order valence-corrected chi connectivity index (χ1v) is 7.86. The molecule has 0 aliphatic rings. The fraction of sp³-hybridized carbons (Fsp3) is 0.667. The molecule has 0 spiro atoms. The van der Waals surface area contributed by atoms with E-state index < -0.39 is 4.92 Å². The van der Waals surface area contributed by atoms with Crippen LogP contribution < -0.4 is 10.1 Å². The lowest BCUT2D eigenvalue weighted by molar-refractivity contribution is -0.385. The lowest BCUT2D eigenvalue weighted by Gasteiger charge is -2.07. The fourth-order valence-corrected chi connectivity index (χ4v) is 2.23. The summed E-state index contributed by atoms with van der Waals surface area (Å²) in [5, 5.41) is 14.0. The molecule has 20 heavy (non-hydrogen) atoms. The quantitative estimate of drug-likeness (QED) is 0.403. The lowest BCUT2D eigenvalue weighted by atomic mass is 10.2. The number of aromatic nitrogens is 2. The SMILES string of the molecule is COc1ncnc(NCCCCCCSC)c1[N+](=O)[O-]. The van der Waals surface area contributed by atoms with Crippen LogP contribution in [-0.4, -0.2) is 40.6 Å². The number of thioether (sulfide) groups is 1. The van der Waals surface area contributed by atoms with Crippen molar-refractivity contribution in [1.82, 2.24) is 9.97 Å². The molecule has 1 rings (SSSR count). The Morgan fingerprint density at radius 2 is 2.10 bits per heavy atom. The van der Waals surface area contributed by atoms with Gasteiger partial charge in [0.15, 0.2) is 0 Å². The van der Waals surface area contributed by atoms with Gasteiger partial charge in [-0.1, -0.05) is 12.8 Å². The van der Waals surface area contributed by atoms with Gasteiger partial charge >= 0.3 is 5.69 Å². The van der Waals surface area contributed by atoms with Crippen LogP contribution in [-0.2, 0) is 0 Å². The Morgan fingerprint density at radius 1 is 1.35 bits per heavy atom. The summed E-state index contributed by atoms with van der Waals surface area (Å²) < 4.78 is 4.88. The summed E-state index contributed by atoms with van der Waals surface area (Å²) in [4.78, 5) is 18.1. The van der Waals surface area contributed by atoms with Crippen molar-refractivity contribution in [2.24, 2.45) is 0 Å². The van der Waals surface area contributed by atoms with E-state index in [0.717, 1.165) is 12.8 Å². The van der Waals surface area contributed by atoms with E-state index in [1.165, 1.54) is 32.0 Å². The van der Waals surface area contributed by atoms with Gasteiger partial charge < -0.3 is 10.1 Å². The first kappa shape index (κ1) is 16.5. The highest BCUT2D eigenvalue weighted by molar-refractivity contribution is 7.98. The Bertz CT molecular complexity index is 431. The number of hydrogen-bond donors (Lipinski definition) is 1. The third kappa shape index (κ3) is 5.20. The number of unbranched alkanes of at least 4 members (excludes halogenated alkanes) is 3. The first-order chi connectivity index (χ1) is 9.70. The van der Waals surface area contributed by atoms with Crippen LogP contribution in [0.25, 0.3) is 0 Å². The van der Waals surface area contributed by atoms with E-state index in [2.05, 4.69) is 21.5 Å². The number of hydrogen-bond acceptors (Lipinski definition) is 7. The molecule has 0 saturated heterocycles. The largest absolute Gasteiger partial charge is 0.476 e. The van der Waals surface area contributed by atoms with E-state index in [-0.39, 0.29) is 17.4 Å². The van der Waals surface area contributed by atoms with Crippen molar-refractivity contribution in [3.05, 3.63) is 16.4 Å². The van der Waals surface area contributed by atoms with Crippen molar-refractivity contribution in [3.8, 4) is 5.88 Å². The summed E-state index contributed by atoms with van der Waals surface area (Å²) in [6.45, 7) is 0.653. The predicted molar refractivity (Wildman–Crippen MR) is 80.6 cm³/mol. The average Bonchev–Trinajstić information content (AvgIpc) is 2.45. The van der Waals surface area contributed by atoms with Crippen molar-refractivity contribution in [1.29, 1.82) is 0 Å². The third-order valence-corrected chi connectivity index (χ3v) is 3.43. The van der Waals surface area contributed by atoms with E-state index in [9.17, 15) is 10.1 Å². The summed E-state index contributed by atoms with van der Waals surface area (Å²) in [5.41, 5.74) is -0.211. The van der Waals surface area contributed by atoms with Gasteiger partial charge in [-0.15, -0.1) is 0 Å². The molecule has 0 atom stereocenters. The Kier molecular flexibility index (Phi) is 7.71. The molecule has 0 aliphatic heterocycles. The van der Waals surface area contributed by atoms with Crippen LogP contribution in [0, 0.1) is 10.1 Å². The summed E-state index contributed by atoms with van der Waals surface area (Å²) >= 11 is 1.85. The fourth-order valence-electron chi connectivity index (χ4n) is 1.74. The van der Waals surface area contributed by atoms with Crippen LogP contribution in [0.15, 0.2) is 6.33 Å². The van der Waals surface area contributed by atoms with Crippen LogP contribution in [0.3, 0.4) is 0 Å². The zero-order valence-corrected chi connectivity index (χ0v) is 12.6. The second-order valence-corrected chi connectivity index (χ2v) is 5.16. The van der Waals surface area contributed by atoms with E-state index >= 15 is 0 Å². The molecule has 0 bridgehead atoms. The molecule has 0 radical (unpaired) electrons. The smallest absolute Gasteiger partial charge is 0.372 e. The van der Waals surface area contributed by atoms with Gasteiger partial charge in [0.2, 0.25) is 5.82 Å². The number of nitrogens with one attached hydrogen (secondary N) is 1. The number of anilines is 1. The highest BCUT2D eigenvalue weighted by atomic mass is 32.2. The van der Waals surface area contributed by atoms with Gasteiger partial charge in [0, 0.05) is 6.54 Å². The van der Waals surface area contributed by atoms with Crippen LogP contribution in [0.2, 0.25) is 0 Å². The highest BCUT2D eigenvalue weighted by Crippen LogP contribution is 2.30.